The van der Waals surface area contributed by atoms with Crippen LogP contribution in [0, 0.1) is 0 Å². The van der Waals surface area contributed by atoms with Crippen LogP contribution in [0.25, 0.3) is 0 Å². The zero-order valence-electron chi connectivity index (χ0n) is 11.4. The number of amidine groups is 1. The van der Waals surface area contributed by atoms with E-state index in [4.69, 9.17) is 32.0 Å². The third-order valence-electron chi connectivity index (χ3n) is 2.67. The second-order valence-electron chi connectivity index (χ2n) is 4.14. The number of halogens is 1. The van der Waals surface area contributed by atoms with E-state index in [1.54, 1.807) is 30.3 Å². The van der Waals surface area contributed by atoms with E-state index in [1.807, 2.05) is 19.1 Å². The summed E-state index contributed by atoms with van der Waals surface area (Å²) in [5.41, 5.74) is 6.08. The molecule has 21 heavy (non-hydrogen) atoms. The fourth-order valence-corrected chi connectivity index (χ4v) is 1.93. The largest absolute Gasteiger partial charge is 0.494 e. The third kappa shape index (κ3) is 3.79. The first kappa shape index (κ1) is 15.0. The van der Waals surface area contributed by atoms with E-state index in [9.17, 15) is 0 Å². The first-order valence-electron chi connectivity index (χ1n) is 6.32. The lowest BCUT2D eigenvalue weighted by Gasteiger charge is -2.12. The molecule has 0 radical (unpaired) electrons. The van der Waals surface area contributed by atoms with Gasteiger partial charge < -0.3 is 20.4 Å². The molecule has 0 aliphatic heterocycles. The Hall–Kier alpha value is -2.40. The topological polar surface area (TPSA) is 77.1 Å². The lowest BCUT2D eigenvalue weighted by molar-refractivity contribution is 0.318. The standard InChI is InChI=1S/C15H15ClN2O3/c1-2-20-11-4-3-5-12(9-11)21-14-8-10(16)6-7-13(14)15(17)18-19/h3-9,19H,2H2,1H3,(H2,17,18). The van der Waals surface area contributed by atoms with E-state index in [0.29, 0.717) is 34.4 Å². The van der Waals surface area contributed by atoms with Crippen LogP contribution < -0.4 is 15.2 Å². The van der Waals surface area contributed by atoms with Crippen molar-refractivity contribution in [1.82, 2.24) is 0 Å². The Morgan fingerprint density at radius 1 is 1.24 bits per heavy atom. The second-order valence-corrected chi connectivity index (χ2v) is 4.57. The van der Waals surface area contributed by atoms with E-state index >= 15 is 0 Å². The summed E-state index contributed by atoms with van der Waals surface area (Å²) in [6.45, 7) is 2.47. The van der Waals surface area contributed by atoms with Gasteiger partial charge in [0.05, 0.1) is 12.2 Å². The zero-order chi connectivity index (χ0) is 15.2. The smallest absolute Gasteiger partial charge is 0.173 e. The van der Waals surface area contributed by atoms with Crippen molar-refractivity contribution in [2.24, 2.45) is 10.9 Å². The average molecular weight is 307 g/mol. The van der Waals surface area contributed by atoms with Gasteiger partial charge in [0.25, 0.3) is 0 Å². The summed E-state index contributed by atoms with van der Waals surface area (Å²) >= 11 is 5.96. The Labute approximate surface area is 127 Å². The molecule has 0 saturated carbocycles. The molecule has 2 aromatic carbocycles. The van der Waals surface area contributed by atoms with Crippen molar-refractivity contribution < 1.29 is 14.7 Å². The molecular weight excluding hydrogens is 292 g/mol. The van der Waals surface area contributed by atoms with Crippen LogP contribution in [0.4, 0.5) is 0 Å². The molecule has 0 aliphatic carbocycles. The van der Waals surface area contributed by atoms with Gasteiger partial charge in [-0.05, 0) is 31.2 Å². The fraction of sp³-hybridized carbons (Fsp3) is 0.133. The molecule has 0 bridgehead atoms. The quantitative estimate of drug-likeness (QED) is 0.383. The molecule has 0 heterocycles. The van der Waals surface area contributed by atoms with Crippen molar-refractivity contribution in [1.29, 1.82) is 0 Å². The summed E-state index contributed by atoms with van der Waals surface area (Å²) in [4.78, 5) is 0. The molecule has 2 aromatic rings. The molecule has 0 atom stereocenters. The third-order valence-corrected chi connectivity index (χ3v) is 2.91. The summed E-state index contributed by atoms with van der Waals surface area (Å²) in [6.07, 6.45) is 0. The van der Waals surface area contributed by atoms with Crippen molar-refractivity contribution in [3.05, 3.63) is 53.1 Å². The first-order valence-corrected chi connectivity index (χ1v) is 6.70. The lowest BCUT2D eigenvalue weighted by atomic mass is 10.2. The van der Waals surface area contributed by atoms with Crippen LogP contribution in [0.5, 0.6) is 17.2 Å². The Morgan fingerprint density at radius 2 is 2.00 bits per heavy atom. The van der Waals surface area contributed by atoms with Crippen molar-refractivity contribution >= 4 is 17.4 Å². The SMILES string of the molecule is CCOc1cccc(Oc2cc(Cl)ccc2C(N)=NO)c1. The molecular formula is C15H15ClN2O3. The van der Waals surface area contributed by atoms with E-state index in [0.717, 1.165) is 0 Å². The van der Waals surface area contributed by atoms with Crippen LogP contribution in [-0.4, -0.2) is 17.6 Å². The number of hydrogen-bond acceptors (Lipinski definition) is 4. The molecule has 0 unspecified atom stereocenters. The number of benzene rings is 2. The molecule has 110 valence electrons. The monoisotopic (exact) mass is 306 g/mol. The van der Waals surface area contributed by atoms with Crippen molar-refractivity contribution in [3.8, 4) is 17.2 Å². The van der Waals surface area contributed by atoms with Crippen LogP contribution in [0.15, 0.2) is 47.6 Å². The van der Waals surface area contributed by atoms with Gasteiger partial charge in [-0.25, -0.2) is 0 Å². The summed E-state index contributed by atoms with van der Waals surface area (Å²) < 4.78 is 11.2. The van der Waals surface area contributed by atoms with E-state index in [1.165, 1.54) is 0 Å². The Balaban J connectivity index is 2.34. The van der Waals surface area contributed by atoms with Crippen molar-refractivity contribution in [2.45, 2.75) is 6.92 Å². The van der Waals surface area contributed by atoms with E-state index in [-0.39, 0.29) is 5.84 Å². The maximum Gasteiger partial charge on any atom is 0.173 e. The highest BCUT2D eigenvalue weighted by atomic mass is 35.5. The minimum absolute atomic E-state index is 0.0531. The molecule has 6 heteroatoms. The van der Waals surface area contributed by atoms with Gasteiger partial charge >= 0.3 is 0 Å². The van der Waals surface area contributed by atoms with Crippen LogP contribution in [0.3, 0.4) is 0 Å². The zero-order valence-corrected chi connectivity index (χ0v) is 12.2. The number of ether oxygens (including phenoxy) is 2. The Morgan fingerprint density at radius 3 is 2.71 bits per heavy atom. The maximum absolute atomic E-state index is 8.82. The van der Waals surface area contributed by atoms with Gasteiger partial charge in [0.1, 0.15) is 17.2 Å². The van der Waals surface area contributed by atoms with E-state index in [2.05, 4.69) is 5.16 Å². The van der Waals surface area contributed by atoms with Crippen LogP contribution in [-0.2, 0) is 0 Å². The highest BCUT2D eigenvalue weighted by molar-refractivity contribution is 6.30. The highest BCUT2D eigenvalue weighted by Gasteiger charge is 2.10. The summed E-state index contributed by atoms with van der Waals surface area (Å²) in [5.74, 6) is 1.60. The average Bonchev–Trinajstić information content (AvgIpc) is 2.47. The minimum atomic E-state index is -0.0531. The predicted octanol–water partition coefficient (Wildman–Crippen LogP) is 3.63. The molecule has 0 aromatic heterocycles. The highest BCUT2D eigenvalue weighted by Crippen LogP contribution is 2.30. The second kappa shape index (κ2) is 6.85. The fourth-order valence-electron chi connectivity index (χ4n) is 1.77. The van der Waals surface area contributed by atoms with Gasteiger partial charge in [-0.1, -0.05) is 22.8 Å². The van der Waals surface area contributed by atoms with E-state index < -0.39 is 0 Å². The van der Waals surface area contributed by atoms with Gasteiger partial charge in [-0.2, -0.15) is 0 Å². The summed E-state index contributed by atoms with van der Waals surface area (Å²) in [5, 5.41) is 12.3. The van der Waals surface area contributed by atoms with Crippen LogP contribution in [0.2, 0.25) is 5.02 Å². The minimum Gasteiger partial charge on any atom is -0.494 e. The van der Waals surface area contributed by atoms with Crippen LogP contribution >= 0.6 is 11.6 Å². The Kier molecular flexibility index (Phi) is 4.90. The predicted molar refractivity (Wildman–Crippen MR) is 81.6 cm³/mol. The molecule has 0 spiro atoms. The van der Waals surface area contributed by atoms with Gasteiger partial charge in [0, 0.05) is 17.2 Å². The van der Waals surface area contributed by atoms with Crippen molar-refractivity contribution in [2.75, 3.05) is 6.61 Å². The number of nitrogens with two attached hydrogens (primary N) is 1. The lowest BCUT2D eigenvalue weighted by Crippen LogP contribution is -2.14. The summed E-state index contributed by atoms with van der Waals surface area (Å²) in [7, 11) is 0. The molecule has 2 rings (SSSR count). The maximum atomic E-state index is 8.82. The molecule has 0 amide bonds. The Bertz CT molecular complexity index is 659. The van der Waals surface area contributed by atoms with Gasteiger partial charge in [0.2, 0.25) is 0 Å². The molecule has 0 fully saturated rings. The first-order chi connectivity index (χ1) is 10.1. The number of oxime groups is 1. The van der Waals surface area contributed by atoms with Gasteiger partial charge in [-0.3, -0.25) is 0 Å². The number of rotatable bonds is 5. The van der Waals surface area contributed by atoms with Crippen molar-refractivity contribution in [3.63, 3.8) is 0 Å². The van der Waals surface area contributed by atoms with Gasteiger partial charge in [-0.15, -0.1) is 0 Å². The summed E-state index contributed by atoms with van der Waals surface area (Å²) in [6, 6.07) is 12.0. The molecule has 0 aliphatic rings. The van der Waals surface area contributed by atoms with Crippen LogP contribution in [0.1, 0.15) is 12.5 Å². The number of nitrogens with zero attached hydrogens (tertiary/aromatic N) is 1. The molecule has 3 N–H and O–H groups in total. The molecule has 5 nitrogen and oxygen atoms in total. The van der Waals surface area contributed by atoms with Gasteiger partial charge in [0.15, 0.2) is 5.84 Å². The molecule has 0 saturated heterocycles. The number of hydrogen-bond donors (Lipinski definition) is 2. The normalized spacial score (nSPS) is 11.2.